The summed E-state index contributed by atoms with van der Waals surface area (Å²) in [5, 5.41) is 3.25. The lowest BCUT2D eigenvalue weighted by molar-refractivity contribution is -0.0415. The SMILES string of the molecule is NC(=O)c1ccc(N)cc1NCC1CN2CCCC2CO1. The van der Waals surface area contributed by atoms with Crippen LogP contribution in [0.15, 0.2) is 18.2 Å². The zero-order valence-corrected chi connectivity index (χ0v) is 12.0. The second-order valence-electron chi connectivity index (χ2n) is 5.80. The van der Waals surface area contributed by atoms with Gasteiger partial charge in [0.15, 0.2) is 0 Å². The average molecular weight is 290 g/mol. The first-order valence-electron chi connectivity index (χ1n) is 7.42. The molecule has 1 amide bonds. The third kappa shape index (κ3) is 3.11. The Labute approximate surface area is 124 Å². The van der Waals surface area contributed by atoms with E-state index >= 15 is 0 Å². The fourth-order valence-electron chi connectivity index (χ4n) is 3.16. The monoisotopic (exact) mass is 290 g/mol. The number of carbonyl (C=O) groups is 1. The highest BCUT2D eigenvalue weighted by Crippen LogP contribution is 2.24. The van der Waals surface area contributed by atoms with Gasteiger partial charge in [0.05, 0.1) is 18.3 Å². The van der Waals surface area contributed by atoms with Gasteiger partial charge in [0.2, 0.25) is 0 Å². The van der Waals surface area contributed by atoms with Crippen molar-refractivity contribution in [1.82, 2.24) is 4.90 Å². The minimum atomic E-state index is -0.457. The van der Waals surface area contributed by atoms with Gasteiger partial charge in [-0.2, -0.15) is 0 Å². The average Bonchev–Trinajstić information content (AvgIpc) is 2.92. The van der Waals surface area contributed by atoms with Gasteiger partial charge in [0.25, 0.3) is 5.91 Å². The molecule has 1 aromatic rings. The van der Waals surface area contributed by atoms with E-state index in [1.807, 2.05) is 0 Å². The van der Waals surface area contributed by atoms with Crippen LogP contribution in [-0.4, -0.2) is 49.2 Å². The Morgan fingerprint density at radius 2 is 2.33 bits per heavy atom. The van der Waals surface area contributed by atoms with Gasteiger partial charge < -0.3 is 21.5 Å². The number of benzene rings is 1. The standard InChI is InChI=1S/C15H22N4O2/c16-10-3-4-13(15(17)20)14(6-10)18-7-12-8-19-5-1-2-11(19)9-21-12/h3-4,6,11-12,18H,1-2,5,7-9,16H2,(H2,17,20). The molecule has 2 fully saturated rings. The number of nitrogens with zero attached hydrogens (tertiary/aromatic N) is 1. The largest absolute Gasteiger partial charge is 0.399 e. The zero-order valence-electron chi connectivity index (χ0n) is 12.0. The molecule has 0 saturated carbocycles. The van der Waals surface area contributed by atoms with E-state index in [-0.39, 0.29) is 6.10 Å². The molecule has 2 saturated heterocycles. The molecule has 2 heterocycles. The number of hydrogen-bond donors (Lipinski definition) is 3. The molecule has 2 unspecified atom stereocenters. The van der Waals surface area contributed by atoms with E-state index < -0.39 is 5.91 Å². The van der Waals surface area contributed by atoms with Gasteiger partial charge in [0.1, 0.15) is 0 Å². The van der Waals surface area contributed by atoms with E-state index in [0.717, 1.165) is 19.7 Å². The van der Waals surface area contributed by atoms with Crippen molar-refractivity contribution in [3.8, 4) is 0 Å². The van der Waals surface area contributed by atoms with Crippen LogP contribution in [0.4, 0.5) is 11.4 Å². The molecule has 3 rings (SSSR count). The number of hydrogen-bond acceptors (Lipinski definition) is 5. The van der Waals surface area contributed by atoms with Crippen molar-refractivity contribution in [2.75, 3.05) is 37.3 Å². The van der Waals surface area contributed by atoms with Crippen LogP contribution >= 0.6 is 0 Å². The Morgan fingerprint density at radius 3 is 3.14 bits per heavy atom. The number of anilines is 2. The van der Waals surface area contributed by atoms with Crippen LogP contribution in [-0.2, 0) is 4.74 Å². The molecule has 0 bridgehead atoms. The van der Waals surface area contributed by atoms with Crippen LogP contribution in [0.1, 0.15) is 23.2 Å². The smallest absolute Gasteiger partial charge is 0.250 e. The molecule has 2 atom stereocenters. The molecule has 0 radical (unpaired) electrons. The van der Waals surface area contributed by atoms with E-state index in [0.29, 0.717) is 29.5 Å². The number of nitrogens with two attached hydrogens (primary N) is 2. The number of amides is 1. The first-order valence-corrected chi connectivity index (χ1v) is 7.42. The van der Waals surface area contributed by atoms with Gasteiger partial charge in [-0.3, -0.25) is 9.69 Å². The van der Waals surface area contributed by atoms with Crippen molar-refractivity contribution in [1.29, 1.82) is 0 Å². The van der Waals surface area contributed by atoms with Gasteiger partial charge in [-0.1, -0.05) is 0 Å². The Hall–Kier alpha value is -1.79. The summed E-state index contributed by atoms with van der Waals surface area (Å²) in [6.07, 6.45) is 2.62. The number of carbonyl (C=O) groups excluding carboxylic acids is 1. The van der Waals surface area contributed by atoms with Gasteiger partial charge in [-0.05, 0) is 37.6 Å². The predicted octanol–water partition coefficient (Wildman–Crippen LogP) is 0.643. The minimum Gasteiger partial charge on any atom is -0.399 e. The molecular weight excluding hydrogens is 268 g/mol. The Balaban J connectivity index is 1.62. The Kier molecular flexibility index (Phi) is 3.98. The second kappa shape index (κ2) is 5.91. The number of nitrogen functional groups attached to an aromatic ring is 1. The fourth-order valence-corrected chi connectivity index (χ4v) is 3.16. The fraction of sp³-hybridized carbons (Fsp3) is 0.533. The van der Waals surface area contributed by atoms with Gasteiger partial charge in [-0.25, -0.2) is 0 Å². The van der Waals surface area contributed by atoms with Crippen molar-refractivity contribution >= 4 is 17.3 Å². The third-order valence-corrected chi connectivity index (χ3v) is 4.29. The topological polar surface area (TPSA) is 93.6 Å². The molecule has 6 heteroatoms. The summed E-state index contributed by atoms with van der Waals surface area (Å²) in [4.78, 5) is 13.9. The van der Waals surface area contributed by atoms with Crippen LogP contribution in [0.25, 0.3) is 0 Å². The molecule has 2 aliphatic heterocycles. The van der Waals surface area contributed by atoms with Crippen molar-refractivity contribution < 1.29 is 9.53 Å². The van der Waals surface area contributed by atoms with Crippen molar-refractivity contribution in [2.24, 2.45) is 5.73 Å². The van der Waals surface area contributed by atoms with E-state index in [2.05, 4.69) is 10.2 Å². The summed E-state index contributed by atoms with van der Waals surface area (Å²) in [5.74, 6) is -0.457. The summed E-state index contributed by atoms with van der Waals surface area (Å²) in [5.41, 5.74) is 12.9. The number of morpholine rings is 1. The summed E-state index contributed by atoms with van der Waals surface area (Å²) < 4.78 is 5.89. The number of fused-ring (bicyclic) bond motifs is 1. The highest BCUT2D eigenvalue weighted by molar-refractivity contribution is 5.99. The van der Waals surface area contributed by atoms with Crippen LogP contribution < -0.4 is 16.8 Å². The normalized spacial score (nSPS) is 25.5. The van der Waals surface area contributed by atoms with E-state index in [9.17, 15) is 4.79 Å². The third-order valence-electron chi connectivity index (χ3n) is 4.29. The molecule has 2 aliphatic rings. The van der Waals surface area contributed by atoms with Crippen LogP contribution in [0.3, 0.4) is 0 Å². The highest BCUT2D eigenvalue weighted by Gasteiger charge is 2.32. The summed E-state index contributed by atoms with van der Waals surface area (Å²) in [7, 11) is 0. The molecule has 0 spiro atoms. The lowest BCUT2D eigenvalue weighted by Gasteiger charge is -2.35. The van der Waals surface area contributed by atoms with Gasteiger partial charge in [0, 0.05) is 30.5 Å². The van der Waals surface area contributed by atoms with Crippen LogP contribution in [0.2, 0.25) is 0 Å². The quantitative estimate of drug-likeness (QED) is 0.708. The minimum absolute atomic E-state index is 0.126. The molecule has 0 aliphatic carbocycles. The van der Waals surface area contributed by atoms with E-state index in [4.69, 9.17) is 16.2 Å². The summed E-state index contributed by atoms with van der Waals surface area (Å²) in [6, 6.07) is 5.66. The first-order chi connectivity index (χ1) is 10.1. The van der Waals surface area contributed by atoms with Crippen LogP contribution in [0, 0.1) is 0 Å². The maximum atomic E-state index is 11.4. The number of rotatable bonds is 4. The summed E-state index contributed by atoms with van der Waals surface area (Å²) in [6.45, 7) is 3.54. The molecule has 114 valence electrons. The van der Waals surface area contributed by atoms with Gasteiger partial charge >= 0.3 is 0 Å². The molecule has 1 aromatic carbocycles. The second-order valence-corrected chi connectivity index (χ2v) is 5.80. The molecule has 21 heavy (non-hydrogen) atoms. The Morgan fingerprint density at radius 1 is 1.48 bits per heavy atom. The van der Waals surface area contributed by atoms with E-state index in [1.165, 1.54) is 12.8 Å². The maximum absolute atomic E-state index is 11.4. The first kappa shape index (κ1) is 14.2. The van der Waals surface area contributed by atoms with E-state index in [1.54, 1.807) is 18.2 Å². The molecule has 0 aromatic heterocycles. The van der Waals surface area contributed by atoms with Crippen LogP contribution in [0.5, 0.6) is 0 Å². The molecule has 6 nitrogen and oxygen atoms in total. The maximum Gasteiger partial charge on any atom is 0.250 e. The van der Waals surface area contributed by atoms with Crippen molar-refractivity contribution in [3.05, 3.63) is 23.8 Å². The van der Waals surface area contributed by atoms with Crippen molar-refractivity contribution in [2.45, 2.75) is 25.0 Å². The Bertz CT molecular complexity index is 534. The number of nitrogens with one attached hydrogen (secondary N) is 1. The number of primary amides is 1. The predicted molar refractivity (Wildman–Crippen MR) is 82.2 cm³/mol. The lowest BCUT2D eigenvalue weighted by Crippen LogP contribution is -2.48. The number of ether oxygens (including phenoxy) is 1. The van der Waals surface area contributed by atoms with Crippen molar-refractivity contribution in [3.63, 3.8) is 0 Å². The summed E-state index contributed by atoms with van der Waals surface area (Å²) >= 11 is 0. The molecule has 5 N–H and O–H groups in total. The lowest BCUT2D eigenvalue weighted by atomic mass is 10.1. The zero-order chi connectivity index (χ0) is 14.8. The molecular formula is C15H22N4O2. The van der Waals surface area contributed by atoms with Gasteiger partial charge in [-0.15, -0.1) is 0 Å². The highest BCUT2D eigenvalue weighted by atomic mass is 16.5.